The third-order valence-corrected chi connectivity index (χ3v) is 2.13. The Labute approximate surface area is 78.1 Å². The number of carbonyl (C=O) groups excluding carboxylic acids is 2. The van der Waals surface area contributed by atoms with E-state index in [4.69, 9.17) is 6.42 Å². The molecule has 1 amide bonds. The molecular formula is C10H13NO2. The molecule has 0 saturated carbocycles. The van der Waals surface area contributed by atoms with Gasteiger partial charge in [-0.15, -0.1) is 12.3 Å². The summed E-state index contributed by atoms with van der Waals surface area (Å²) in [7, 11) is 0. The Balaban J connectivity index is 2.20. The summed E-state index contributed by atoms with van der Waals surface area (Å²) < 4.78 is 0. The Bertz CT molecular complexity index is 252. The summed E-state index contributed by atoms with van der Waals surface area (Å²) in [5.74, 6) is 1.97. The maximum Gasteiger partial charge on any atom is 0.290 e. The van der Waals surface area contributed by atoms with Crippen LogP contribution in [-0.2, 0) is 9.59 Å². The van der Waals surface area contributed by atoms with E-state index < -0.39 is 0 Å². The van der Waals surface area contributed by atoms with E-state index in [1.165, 1.54) is 0 Å². The topological polar surface area (TPSA) is 37.4 Å². The molecule has 0 aromatic heterocycles. The van der Waals surface area contributed by atoms with Gasteiger partial charge in [-0.2, -0.15) is 0 Å². The molecule has 0 spiro atoms. The molecule has 70 valence electrons. The lowest BCUT2D eigenvalue weighted by atomic mass is 10.2. The van der Waals surface area contributed by atoms with Crippen molar-refractivity contribution >= 4 is 11.7 Å². The van der Waals surface area contributed by atoms with E-state index in [2.05, 4.69) is 5.92 Å². The molecule has 1 saturated heterocycles. The molecule has 0 radical (unpaired) electrons. The van der Waals surface area contributed by atoms with E-state index in [9.17, 15) is 9.59 Å². The molecule has 1 aliphatic heterocycles. The first-order valence-electron chi connectivity index (χ1n) is 4.51. The predicted octanol–water partition coefficient (Wildman–Crippen LogP) is 0.591. The molecule has 0 N–H and O–H groups in total. The minimum absolute atomic E-state index is 0.253. The van der Waals surface area contributed by atoms with E-state index in [0.29, 0.717) is 19.5 Å². The predicted molar refractivity (Wildman–Crippen MR) is 48.9 cm³/mol. The number of Topliss-reactive ketones (excluding diaryl/α,β-unsaturated/α-hetero) is 1. The summed E-state index contributed by atoms with van der Waals surface area (Å²) in [6, 6.07) is 0. The summed E-state index contributed by atoms with van der Waals surface area (Å²) in [4.78, 5) is 23.6. The van der Waals surface area contributed by atoms with Crippen LogP contribution < -0.4 is 0 Å². The van der Waals surface area contributed by atoms with Crippen LogP contribution in [0.1, 0.15) is 25.7 Å². The molecule has 1 rings (SSSR count). The zero-order valence-corrected chi connectivity index (χ0v) is 7.58. The summed E-state index contributed by atoms with van der Waals surface area (Å²) in [6.07, 6.45) is 8.03. The molecule has 13 heavy (non-hydrogen) atoms. The van der Waals surface area contributed by atoms with Crippen molar-refractivity contribution in [2.24, 2.45) is 0 Å². The van der Waals surface area contributed by atoms with Crippen LogP contribution in [-0.4, -0.2) is 29.7 Å². The SMILES string of the molecule is C#CCCCCN1CCC(=O)C1=O. The molecule has 0 aromatic rings. The van der Waals surface area contributed by atoms with Crippen molar-refractivity contribution in [3.63, 3.8) is 0 Å². The second kappa shape index (κ2) is 4.66. The fraction of sp³-hybridized carbons (Fsp3) is 0.600. The Morgan fingerprint density at radius 1 is 1.38 bits per heavy atom. The van der Waals surface area contributed by atoms with Crippen LogP contribution in [0.2, 0.25) is 0 Å². The Morgan fingerprint density at radius 3 is 2.69 bits per heavy atom. The Morgan fingerprint density at radius 2 is 2.15 bits per heavy atom. The molecule has 0 unspecified atom stereocenters. The fourth-order valence-corrected chi connectivity index (χ4v) is 1.36. The van der Waals surface area contributed by atoms with Crippen molar-refractivity contribution in [3.05, 3.63) is 0 Å². The highest BCUT2D eigenvalue weighted by Gasteiger charge is 2.28. The van der Waals surface area contributed by atoms with Gasteiger partial charge in [-0.1, -0.05) is 0 Å². The summed E-state index contributed by atoms with van der Waals surface area (Å²) in [6.45, 7) is 1.26. The zero-order chi connectivity index (χ0) is 9.68. The van der Waals surface area contributed by atoms with Crippen LogP contribution >= 0.6 is 0 Å². The average molecular weight is 179 g/mol. The quantitative estimate of drug-likeness (QED) is 0.360. The Hall–Kier alpha value is -1.30. The van der Waals surface area contributed by atoms with Gasteiger partial charge in [-0.3, -0.25) is 9.59 Å². The molecule has 0 bridgehead atoms. The van der Waals surface area contributed by atoms with Crippen molar-refractivity contribution in [2.75, 3.05) is 13.1 Å². The van der Waals surface area contributed by atoms with Gasteiger partial charge in [0.25, 0.3) is 5.91 Å². The maximum absolute atomic E-state index is 11.1. The minimum Gasteiger partial charge on any atom is -0.336 e. The van der Waals surface area contributed by atoms with E-state index in [1.54, 1.807) is 4.90 Å². The number of nitrogens with zero attached hydrogens (tertiary/aromatic N) is 1. The van der Waals surface area contributed by atoms with Gasteiger partial charge >= 0.3 is 0 Å². The molecule has 3 nitrogen and oxygen atoms in total. The first-order valence-corrected chi connectivity index (χ1v) is 4.51. The third-order valence-electron chi connectivity index (χ3n) is 2.13. The van der Waals surface area contributed by atoms with E-state index in [1.807, 2.05) is 0 Å². The second-order valence-electron chi connectivity index (χ2n) is 3.13. The van der Waals surface area contributed by atoms with Crippen molar-refractivity contribution in [1.29, 1.82) is 0 Å². The van der Waals surface area contributed by atoms with Gasteiger partial charge in [0.05, 0.1) is 0 Å². The standard InChI is InChI=1S/C10H13NO2/c1-2-3-4-5-7-11-8-6-9(12)10(11)13/h1H,3-8H2. The Kier molecular flexibility index (Phi) is 3.51. The van der Waals surface area contributed by atoms with Gasteiger partial charge in [0.15, 0.2) is 0 Å². The molecule has 1 heterocycles. The number of amides is 1. The van der Waals surface area contributed by atoms with Crippen molar-refractivity contribution in [1.82, 2.24) is 4.90 Å². The fourth-order valence-electron chi connectivity index (χ4n) is 1.36. The van der Waals surface area contributed by atoms with E-state index in [0.717, 1.165) is 19.3 Å². The van der Waals surface area contributed by atoms with Gasteiger partial charge in [0, 0.05) is 25.9 Å². The van der Waals surface area contributed by atoms with Crippen molar-refractivity contribution in [3.8, 4) is 12.3 Å². The van der Waals surface area contributed by atoms with E-state index in [-0.39, 0.29) is 11.7 Å². The van der Waals surface area contributed by atoms with Crippen LogP contribution in [0.3, 0.4) is 0 Å². The van der Waals surface area contributed by atoms with Crippen LogP contribution in [0, 0.1) is 12.3 Å². The summed E-state index contributed by atoms with van der Waals surface area (Å²) in [5.41, 5.74) is 0. The molecular weight excluding hydrogens is 166 g/mol. The molecule has 1 aliphatic rings. The number of likely N-dealkylation sites (tertiary alicyclic amines) is 1. The van der Waals surface area contributed by atoms with Crippen LogP contribution in [0.5, 0.6) is 0 Å². The number of terminal acetylenes is 1. The first-order chi connectivity index (χ1) is 6.25. The lowest BCUT2D eigenvalue weighted by molar-refractivity contribution is -0.140. The van der Waals surface area contributed by atoms with Crippen LogP contribution in [0.4, 0.5) is 0 Å². The number of unbranched alkanes of at least 4 members (excludes halogenated alkanes) is 2. The number of hydrogen-bond donors (Lipinski definition) is 0. The number of hydrogen-bond acceptors (Lipinski definition) is 2. The monoisotopic (exact) mass is 179 g/mol. The van der Waals surface area contributed by atoms with Gasteiger partial charge in [0.1, 0.15) is 0 Å². The van der Waals surface area contributed by atoms with Crippen LogP contribution in [0.15, 0.2) is 0 Å². The molecule has 3 heteroatoms. The van der Waals surface area contributed by atoms with Crippen LogP contribution in [0.25, 0.3) is 0 Å². The highest BCUT2D eigenvalue weighted by atomic mass is 16.2. The normalized spacial score (nSPS) is 16.4. The van der Waals surface area contributed by atoms with Crippen molar-refractivity contribution < 1.29 is 9.59 Å². The largest absolute Gasteiger partial charge is 0.336 e. The first kappa shape index (κ1) is 9.79. The van der Waals surface area contributed by atoms with Crippen molar-refractivity contribution in [2.45, 2.75) is 25.7 Å². The third kappa shape index (κ3) is 2.59. The lowest BCUT2D eigenvalue weighted by Crippen LogP contribution is -2.28. The smallest absolute Gasteiger partial charge is 0.290 e. The second-order valence-corrected chi connectivity index (χ2v) is 3.13. The van der Waals surface area contributed by atoms with Gasteiger partial charge in [-0.05, 0) is 12.8 Å². The van der Waals surface area contributed by atoms with Gasteiger partial charge < -0.3 is 4.90 Å². The summed E-state index contributed by atoms with van der Waals surface area (Å²) in [5, 5.41) is 0. The zero-order valence-electron chi connectivity index (χ0n) is 7.58. The highest BCUT2D eigenvalue weighted by molar-refractivity contribution is 6.37. The number of rotatable bonds is 4. The van der Waals surface area contributed by atoms with Gasteiger partial charge in [-0.25, -0.2) is 0 Å². The van der Waals surface area contributed by atoms with Gasteiger partial charge in [0.2, 0.25) is 5.78 Å². The number of ketones is 1. The summed E-state index contributed by atoms with van der Waals surface area (Å²) >= 11 is 0. The lowest BCUT2D eigenvalue weighted by Gasteiger charge is -2.12. The average Bonchev–Trinajstić information content (AvgIpc) is 2.43. The molecule has 0 aliphatic carbocycles. The minimum atomic E-state index is -0.319. The molecule has 0 atom stereocenters. The molecule has 0 aromatic carbocycles. The highest BCUT2D eigenvalue weighted by Crippen LogP contribution is 2.07. The molecule has 1 fully saturated rings. The maximum atomic E-state index is 11.1. The number of carbonyl (C=O) groups is 2. The van der Waals surface area contributed by atoms with E-state index >= 15 is 0 Å².